The zero-order chi connectivity index (χ0) is 37.9. The highest BCUT2D eigenvalue weighted by Crippen LogP contribution is 2.25. The maximum absolute atomic E-state index is 12.0. The summed E-state index contributed by atoms with van der Waals surface area (Å²) in [5, 5.41) is 59.4. The molecule has 0 aromatic carbocycles. The minimum Gasteiger partial charge on any atom is -0.463 e. The number of oxime groups is 1. The fraction of sp³-hybridized carbons (Fsp3) is 0.943. The molecule has 0 aromatic heterocycles. The van der Waals surface area contributed by atoms with Crippen molar-refractivity contribution < 1.29 is 49.7 Å². The van der Waals surface area contributed by atoms with E-state index in [9.17, 15) is 30.4 Å². The van der Waals surface area contributed by atoms with Gasteiger partial charge in [-0.2, -0.15) is 0 Å². The third-order valence-corrected chi connectivity index (χ3v) is 8.02. The Morgan fingerprint density at radius 3 is 1.83 bits per heavy atom. The zero-order valence-electron chi connectivity index (χ0n) is 32.5. The Morgan fingerprint density at radius 1 is 0.894 bits per heavy atom. The van der Waals surface area contributed by atoms with Gasteiger partial charge in [0.15, 0.2) is 6.29 Å². The summed E-state index contributed by atoms with van der Waals surface area (Å²) in [5.74, 6) is -1.54. The molecule has 0 radical (unpaired) electrons. The Bertz CT molecular complexity index is 729. The highest BCUT2D eigenvalue weighted by Gasteiger charge is 2.33. The molecule has 0 amide bonds. The van der Waals surface area contributed by atoms with Crippen molar-refractivity contribution in [2.75, 3.05) is 34.9 Å². The molecule has 2 fully saturated rings. The molecule has 0 bridgehead atoms. The number of carbonyl (C=O) groups excluding carboxylic acids is 1. The normalized spacial score (nSPS) is 33.1. The number of hydrogen-bond acceptors (Lipinski definition) is 12. The lowest BCUT2D eigenvalue weighted by molar-refractivity contribution is -0.172. The number of methoxy groups -OCH3 is 1. The largest absolute Gasteiger partial charge is 0.463 e. The number of nitrogens with zero attached hydrogens (tertiary/aromatic N) is 2. The molecule has 9 unspecified atom stereocenters. The second kappa shape index (κ2) is 31.9. The van der Waals surface area contributed by atoms with Gasteiger partial charge in [-0.15, -0.1) is 0 Å². The van der Waals surface area contributed by atoms with Crippen LogP contribution in [0.25, 0.3) is 0 Å². The minimum atomic E-state index is -1.27. The van der Waals surface area contributed by atoms with Gasteiger partial charge in [0.1, 0.15) is 12.7 Å². The van der Waals surface area contributed by atoms with E-state index in [1.54, 1.807) is 21.0 Å². The van der Waals surface area contributed by atoms with Gasteiger partial charge in [-0.3, -0.25) is 4.79 Å². The van der Waals surface area contributed by atoms with Gasteiger partial charge in [0, 0.05) is 38.5 Å². The van der Waals surface area contributed by atoms with E-state index in [0.717, 1.165) is 26.4 Å². The first-order chi connectivity index (χ1) is 22.1. The summed E-state index contributed by atoms with van der Waals surface area (Å²) in [6, 6.07) is 0.466. The molecule has 0 aromatic rings. The van der Waals surface area contributed by atoms with Gasteiger partial charge in [0.2, 0.25) is 0 Å². The van der Waals surface area contributed by atoms with E-state index >= 15 is 0 Å². The minimum absolute atomic E-state index is 0.125. The Kier molecular flexibility index (Phi) is 35.5. The van der Waals surface area contributed by atoms with Crippen molar-refractivity contribution in [3.05, 3.63) is 0 Å². The summed E-state index contributed by atoms with van der Waals surface area (Å²) in [5.41, 5.74) is 0.310. The molecule has 47 heavy (non-hydrogen) atoms. The lowest BCUT2D eigenvalue weighted by atomic mass is 9.83. The highest BCUT2D eigenvalue weighted by atomic mass is 16.6. The van der Waals surface area contributed by atoms with Crippen LogP contribution in [-0.2, 0) is 19.0 Å². The Labute approximate surface area is 287 Å². The standard InChI is InChI=1S/C17H31NO6.C8H17NO2.C5H12O.2C2H6.CH4O/c1-9-5-11(3)17(22)24-8-14(20)16(21)12(4)15(18-23)10(2)7-13(19)6-9;1-6-4-7(9(2)3)5-8(10)11-6;1-4-5(2)6-3;3*1-2/h9-14,16,19-21,23H,5-8H2,1-4H3;6-8,10H,4-5H2,1-3H3;5H,4H2,1-3H3;2*1-2H3;2H,1H3/b18-15+;;;;;/t9-,10+,11?,12?,13?,14?,16?;;;;;/m0...../s1. The molecule has 12 heteroatoms. The van der Waals surface area contributed by atoms with Gasteiger partial charge in [-0.25, -0.2) is 0 Å². The Morgan fingerprint density at radius 2 is 1.43 bits per heavy atom. The topological polar surface area (TPSA) is 182 Å². The van der Waals surface area contributed by atoms with Crippen LogP contribution in [-0.4, -0.2) is 125 Å². The van der Waals surface area contributed by atoms with Crippen molar-refractivity contribution in [2.24, 2.45) is 28.8 Å². The maximum Gasteiger partial charge on any atom is 0.308 e. The molecular weight excluding hydrogens is 608 g/mol. The lowest BCUT2D eigenvalue weighted by Crippen LogP contribution is -2.42. The molecule has 0 aliphatic carbocycles. The zero-order valence-corrected chi connectivity index (χ0v) is 32.5. The van der Waals surface area contributed by atoms with Crippen LogP contribution in [0.5, 0.6) is 0 Å². The molecule has 11 atom stereocenters. The van der Waals surface area contributed by atoms with Gasteiger partial charge in [0.05, 0.1) is 36.0 Å². The van der Waals surface area contributed by atoms with Crippen molar-refractivity contribution in [1.29, 1.82) is 0 Å². The van der Waals surface area contributed by atoms with Crippen molar-refractivity contribution in [1.82, 2.24) is 4.90 Å². The van der Waals surface area contributed by atoms with Crippen LogP contribution in [0.1, 0.15) is 115 Å². The summed E-state index contributed by atoms with van der Waals surface area (Å²) in [6.07, 6.45) is 1.29. The fourth-order valence-electron chi connectivity index (χ4n) is 5.12. The Balaban J connectivity index is -0.000000331. The molecular formula is C35H76N2O10. The quantitative estimate of drug-likeness (QED) is 0.138. The van der Waals surface area contributed by atoms with E-state index < -0.39 is 36.5 Å². The third kappa shape index (κ3) is 24.4. The number of cyclic esters (lactones) is 1. The van der Waals surface area contributed by atoms with E-state index in [0.29, 0.717) is 37.1 Å². The molecule has 6 N–H and O–H groups in total. The maximum atomic E-state index is 12.0. The first-order valence-corrected chi connectivity index (χ1v) is 17.5. The van der Waals surface area contributed by atoms with Crippen LogP contribution in [0.3, 0.4) is 0 Å². The van der Waals surface area contributed by atoms with E-state index in [1.165, 1.54) is 0 Å². The van der Waals surface area contributed by atoms with Crippen LogP contribution < -0.4 is 0 Å². The van der Waals surface area contributed by atoms with Gasteiger partial charge in [-0.05, 0) is 66.0 Å². The van der Waals surface area contributed by atoms with Gasteiger partial charge < -0.3 is 49.9 Å². The van der Waals surface area contributed by atoms with E-state index in [4.69, 9.17) is 19.3 Å². The number of carbonyl (C=O) groups is 1. The molecule has 2 rings (SSSR count). The molecule has 2 heterocycles. The second-order valence-corrected chi connectivity index (χ2v) is 12.2. The predicted molar refractivity (Wildman–Crippen MR) is 190 cm³/mol. The molecule has 0 saturated carbocycles. The highest BCUT2D eigenvalue weighted by molar-refractivity contribution is 5.88. The average molecular weight is 685 g/mol. The van der Waals surface area contributed by atoms with Crippen LogP contribution in [0.15, 0.2) is 5.16 Å². The fourth-order valence-corrected chi connectivity index (χ4v) is 5.12. The van der Waals surface area contributed by atoms with Crippen LogP contribution in [0, 0.1) is 23.7 Å². The monoisotopic (exact) mass is 685 g/mol. The summed E-state index contributed by atoms with van der Waals surface area (Å²) in [7, 11) is 6.80. The van der Waals surface area contributed by atoms with E-state index in [1.807, 2.05) is 62.6 Å². The first-order valence-electron chi connectivity index (χ1n) is 17.5. The lowest BCUT2D eigenvalue weighted by Gasteiger charge is -2.34. The van der Waals surface area contributed by atoms with Crippen LogP contribution >= 0.6 is 0 Å². The second-order valence-electron chi connectivity index (χ2n) is 12.2. The smallest absolute Gasteiger partial charge is 0.308 e. The predicted octanol–water partition coefficient (Wildman–Crippen LogP) is 4.70. The number of ether oxygens (including phenoxy) is 3. The van der Waals surface area contributed by atoms with E-state index in [2.05, 4.69) is 23.9 Å². The summed E-state index contributed by atoms with van der Waals surface area (Å²) in [4.78, 5) is 14.1. The van der Waals surface area contributed by atoms with Crippen molar-refractivity contribution in [3.8, 4) is 0 Å². The number of esters is 1. The number of hydrogen-bond donors (Lipinski definition) is 6. The van der Waals surface area contributed by atoms with Crippen molar-refractivity contribution in [2.45, 2.75) is 158 Å². The van der Waals surface area contributed by atoms with Gasteiger partial charge in [-0.1, -0.05) is 67.5 Å². The SMILES string of the molecule is CC.CC.CC1CC(N(C)C)CC(O)O1.CC1C[C@H](C)CC(O)C[C@@H](C)/C(=N\O)C(C)C(O)C(O)COC1=O.CCC(C)OC.CO. The molecule has 0 spiro atoms. The average Bonchev–Trinajstić information content (AvgIpc) is 3.05. The summed E-state index contributed by atoms with van der Waals surface area (Å²) in [6.45, 7) is 21.0. The van der Waals surface area contributed by atoms with Crippen molar-refractivity contribution >= 4 is 11.7 Å². The summed E-state index contributed by atoms with van der Waals surface area (Å²) < 4.78 is 15.2. The molecule has 286 valence electrons. The van der Waals surface area contributed by atoms with Crippen LogP contribution in [0.4, 0.5) is 0 Å². The number of rotatable bonds is 3. The molecule has 2 aliphatic heterocycles. The van der Waals surface area contributed by atoms with Crippen LogP contribution in [0.2, 0.25) is 0 Å². The number of aliphatic hydroxyl groups is 5. The van der Waals surface area contributed by atoms with Gasteiger partial charge >= 0.3 is 5.97 Å². The number of aliphatic hydroxyl groups excluding tert-OH is 5. The Hall–Kier alpha value is -1.38. The van der Waals surface area contributed by atoms with E-state index in [-0.39, 0.29) is 30.5 Å². The molecule has 2 aliphatic rings. The third-order valence-electron chi connectivity index (χ3n) is 8.02. The van der Waals surface area contributed by atoms with Gasteiger partial charge in [0.25, 0.3) is 0 Å². The first kappa shape index (κ1) is 52.4. The summed E-state index contributed by atoms with van der Waals surface area (Å²) >= 11 is 0. The molecule has 2 saturated heterocycles. The van der Waals surface area contributed by atoms with Crippen molar-refractivity contribution in [3.63, 3.8) is 0 Å². The molecule has 12 nitrogen and oxygen atoms in total.